The molecule has 1 aliphatic heterocycles. The van der Waals surface area contributed by atoms with Gasteiger partial charge in [0, 0.05) is 37.6 Å². The molecule has 0 aromatic heterocycles. The van der Waals surface area contributed by atoms with E-state index in [1.54, 1.807) is 0 Å². The maximum atomic E-state index is 12.7. The first-order valence-electron chi connectivity index (χ1n) is 10.5. The van der Waals surface area contributed by atoms with Crippen LogP contribution < -0.4 is 10.2 Å². The summed E-state index contributed by atoms with van der Waals surface area (Å²) in [6.07, 6.45) is 1.86. The topological polar surface area (TPSA) is 35.6 Å². The summed E-state index contributed by atoms with van der Waals surface area (Å²) in [6, 6.07) is 12.8. The average molecular weight is 380 g/mol. The molecule has 0 spiro atoms. The lowest BCUT2D eigenvalue weighted by Crippen LogP contribution is -2.49. The minimum atomic E-state index is 0.0933. The summed E-state index contributed by atoms with van der Waals surface area (Å²) in [5, 5.41) is 3.19. The van der Waals surface area contributed by atoms with Crippen molar-refractivity contribution in [3.05, 3.63) is 58.7 Å². The molecule has 1 amide bonds. The summed E-state index contributed by atoms with van der Waals surface area (Å²) in [5.41, 5.74) is 7.47. The van der Waals surface area contributed by atoms with Crippen LogP contribution in [0.2, 0.25) is 0 Å². The number of amides is 1. The minimum absolute atomic E-state index is 0.0933. The van der Waals surface area contributed by atoms with E-state index < -0.39 is 0 Å². The minimum Gasteiger partial charge on any atom is -0.369 e. The molecule has 2 aromatic carbocycles. The van der Waals surface area contributed by atoms with Gasteiger partial charge in [0.25, 0.3) is 0 Å². The van der Waals surface area contributed by atoms with Gasteiger partial charge < -0.3 is 10.2 Å². The second-order valence-electron chi connectivity index (χ2n) is 7.69. The maximum Gasteiger partial charge on any atom is 0.238 e. The molecule has 0 bridgehead atoms. The molecule has 1 aliphatic rings. The van der Waals surface area contributed by atoms with Crippen molar-refractivity contribution < 1.29 is 4.79 Å². The Labute approximate surface area is 169 Å². The number of carbonyl (C=O) groups is 1. The van der Waals surface area contributed by atoms with Crippen molar-refractivity contribution in [2.75, 3.05) is 42.9 Å². The highest BCUT2D eigenvalue weighted by atomic mass is 16.2. The Hall–Kier alpha value is -2.33. The molecule has 1 fully saturated rings. The van der Waals surface area contributed by atoms with Crippen LogP contribution in [0.5, 0.6) is 0 Å². The summed E-state index contributed by atoms with van der Waals surface area (Å²) >= 11 is 0. The predicted molar refractivity (Wildman–Crippen MR) is 118 cm³/mol. The van der Waals surface area contributed by atoms with E-state index in [0.29, 0.717) is 6.54 Å². The predicted octanol–water partition coefficient (Wildman–Crippen LogP) is 4.19. The van der Waals surface area contributed by atoms with E-state index >= 15 is 0 Å². The van der Waals surface area contributed by atoms with Gasteiger partial charge in [-0.2, -0.15) is 0 Å². The Morgan fingerprint density at radius 1 is 0.929 bits per heavy atom. The molecule has 0 radical (unpaired) electrons. The number of nitrogens with zero attached hydrogens (tertiary/aromatic N) is 2. The van der Waals surface area contributed by atoms with Crippen molar-refractivity contribution >= 4 is 17.3 Å². The van der Waals surface area contributed by atoms with Gasteiger partial charge in [-0.25, -0.2) is 0 Å². The fourth-order valence-electron chi connectivity index (χ4n) is 4.01. The smallest absolute Gasteiger partial charge is 0.238 e. The Bertz CT molecular complexity index is 800. The van der Waals surface area contributed by atoms with Crippen LogP contribution in [0.3, 0.4) is 0 Å². The Morgan fingerprint density at radius 3 is 2.14 bits per heavy atom. The first-order valence-corrected chi connectivity index (χ1v) is 10.5. The molecule has 4 heteroatoms. The zero-order valence-electron chi connectivity index (χ0n) is 17.7. The van der Waals surface area contributed by atoms with Gasteiger partial charge in [0.05, 0.1) is 6.54 Å². The molecule has 0 unspecified atom stereocenters. The molecule has 28 heavy (non-hydrogen) atoms. The van der Waals surface area contributed by atoms with E-state index in [1.165, 1.54) is 27.9 Å². The van der Waals surface area contributed by atoms with E-state index in [4.69, 9.17) is 0 Å². The molecular weight excluding hydrogens is 346 g/mol. The molecule has 4 nitrogen and oxygen atoms in total. The number of rotatable bonds is 6. The van der Waals surface area contributed by atoms with Gasteiger partial charge in [0.2, 0.25) is 5.91 Å². The molecule has 1 heterocycles. The molecule has 0 aliphatic carbocycles. The molecule has 1 saturated heterocycles. The zero-order chi connectivity index (χ0) is 20.1. The van der Waals surface area contributed by atoms with Crippen molar-refractivity contribution in [1.82, 2.24) is 4.90 Å². The van der Waals surface area contributed by atoms with Crippen molar-refractivity contribution in [3.8, 4) is 0 Å². The van der Waals surface area contributed by atoms with Crippen LogP contribution in [0, 0.1) is 13.8 Å². The van der Waals surface area contributed by atoms with Crippen molar-refractivity contribution in [1.29, 1.82) is 0 Å². The molecular formula is C24H33N3O. The fraction of sp³-hybridized carbons (Fsp3) is 0.458. The second kappa shape index (κ2) is 9.24. The van der Waals surface area contributed by atoms with Gasteiger partial charge in [0.1, 0.15) is 0 Å². The van der Waals surface area contributed by atoms with E-state index in [9.17, 15) is 4.79 Å². The number of nitrogens with one attached hydrogen (secondary N) is 1. The van der Waals surface area contributed by atoms with Crippen molar-refractivity contribution in [2.24, 2.45) is 0 Å². The van der Waals surface area contributed by atoms with E-state index in [1.807, 2.05) is 0 Å². The van der Waals surface area contributed by atoms with Gasteiger partial charge in [-0.15, -0.1) is 0 Å². The number of anilines is 2. The Morgan fingerprint density at radius 2 is 1.54 bits per heavy atom. The van der Waals surface area contributed by atoms with Gasteiger partial charge in [-0.05, 0) is 55.0 Å². The number of aryl methyl sites for hydroxylation is 3. The van der Waals surface area contributed by atoms with Gasteiger partial charge in [-0.1, -0.05) is 44.2 Å². The largest absolute Gasteiger partial charge is 0.369 e. The standard InChI is InChI=1S/C24H33N3O/c1-5-20-10-8-11-21(6-2)24(20)25-23(28)17-26-13-15-27(16-14-26)22-12-7-9-18(3)19(22)4/h7-12H,5-6,13-17H2,1-4H3,(H,25,28). The summed E-state index contributed by atoms with van der Waals surface area (Å²) in [6.45, 7) is 12.8. The number of carbonyl (C=O) groups excluding carboxylic acids is 1. The highest BCUT2D eigenvalue weighted by Crippen LogP contribution is 2.24. The highest BCUT2D eigenvalue weighted by molar-refractivity contribution is 5.93. The summed E-state index contributed by atoms with van der Waals surface area (Å²) in [4.78, 5) is 17.4. The number of piperazine rings is 1. The van der Waals surface area contributed by atoms with E-state index in [-0.39, 0.29) is 5.91 Å². The van der Waals surface area contributed by atoms with Gasteiger partial charge in [0.15, 0.2) is 0 Å². The number of para-hydroxylation sites is 1. The molecule has 0 atom stereocenters. The maximum absolute atomic E-state index is 12.7. The quantitative estimate of drug-likeness (QED) is 0.817. The van der Waals surface area contributed by atoms with Gasteiger partial charge >= 0.3 is 0 Å². The van der Waals surface area contributed by atoms with E-state index in [0.717, 1.165) is 44.7 Å². The SMILES string of the molecule is CCc1cccc(CC)c1NC(=O)CN1CCN(c2cccc(C)c2C)CC1. The third-order valence-electron chi connectivity index (χ3n) is 5.92. The van der Waals surface area contributed by atoms with Crippen LogP contribution in [0.1, 0.15) is 36.1 Å². The number of hydrogen-bond donors (Lipinski definition) is 1. The fourth-order valence-corrected chi connectivity index (χ4v) is 4.01. The number of benzene rings is 2. The lowest BCUT2D eigenvalue weighted by molar-refractivity contribution is -0.117. The molecule has 2 aromatic rings. The van der Waals surface area contributed by atoms with Crippen LogP contribution in [-0.2, 0) is 17.6 Å². The molecule has 150 valence electrons. The number of hydrogen-bond acceptors (Lipinski definition) is 3. The summed E-state index contributed by atoms with van der Waals surface area (Å²) in [7, 11) is 0. The van der Waals surface area contributed by atoms with Gasteiger partial charge in [-0.3, -0.25) is 9.69 Å². The molecule has 0 saturated carbocycles. The van der Waals surface area contributed by atoms with Crippen LogP contribution in [0.4, 0.5) is 11.4 Å². The van der Waals surface area contributed by atoms with Crippen LogP contribution in [0.15, 0.2) is 36.4 Å². The molecule has 1 N–H and O–H groups in total. The average Bonchev–Trinajstić information content (AvgIpc) is 2.71. The van der Waals surface area contributed by atoms with Crippen LogP contribution in [-0.4, -0.2) is 43.5 Å². The van der Waals surface area contributed by atoms with Crippen molar-refractivity contribution in [3.63, 3.8) is 0 Å². The van der Waals surface area contributed by atoms with E-state index in [2.05, 4.69) is 79.2 Å². The van der Waals surface area contributed by atoms with Crippen molar-refractivity contribution in [2.45, 2.75) is 40.5 Å². The third-order valence-corrected chi connectivity index (χ3v) is 5.92. The summed E-state index contributed by atoms with van der Waals surface area (Å²) < 4.78 is 0. The second-order valence-corrected chi connectivity index (χ2v) is 7.69. The third kappa shape index (κ3) is 4.56. The first-order chi connectivity index (χ1) is 13.5. The zero-order valence-corrected chi connectivity index (χ0v) is 17.7. The Kier molecular flexibility index (Phi) is 6.74. The normalized spacial score (nSPS) is 14.9. The Balaban J connectivity index is 1.58. The monoisotopic (exact) mass is 379 g/mol. The lowest BCUT2D eigenvalue weighted by atomic mass is 10.0. The van der Waals surface area contributed by atoms with Crippen LogP contribution in [0.25, 0.3) is 0 Å². The highest BCUT2D eigenvalue weighted by Gasteiger charge is 2.21. The first kappa shape index (κ1) is 20.4. The lowest BCUT2D eigenvalue weighted by Gasteiger charge is -2.36. The molecule has 3 rings (SSSR count). The summed E-state index contributed by atoms with van der Waals surface area (Å²) in [5.74, 6) is 0.0933. The van der Waals surface area contributed by atoms with Crippen LogP contribution >= 0.6 is 0 Å².